The molecule has 1 N–H and O–H groups in total. The quantitative estimate of drug-likeness (QED) is 0.622. The molecule has 1 aromatic carbocycles. The SMILES string of the molecule is Cc1cc(S(=O)(=O)O)[c]([Cd])cc1Cl. The van der Waals surface area contributed by atoms with Crippen LogP contribution < -0.4 is 3.12 Å². The van der Waals surface area contributed by atoms with Crippen LogP contribution in [0.5, 0.6) is 0 Å². The van der Waals surface area contributed by atoms with Crippen molar-refractivity contribution < 1.29 is 38.7 Å². The molecule has 0 radical (unpaired) electrons. The normalized spacial score (nSPS) is 11.8. The molecule has 0 atom stereocenters. The molecule has 0 aliphatic heterocycles. The molecule has 0 fully saturated rings. The Bertz CT molecular complexity index is 441. The van der Waals surface area contributed by atoms with E-state index in [0.29, 0.717) is 39.5 Å². The van der Waals surface area contributed by atoms with Gasteiger partial charge >= 0.3 is 98.1 Å². The monoisotopic (exact) mass is 319 g/mol. The van der Waals surface area contributed by atoms with Gasteiger partial charge in [-0.15, -0.1) is 0 Å². The van der Waals surface area contributed by atoms with E-state index < -0.39 is 10.1 Å². The van der Waals surface area contributed by atoms with Gasteiger partial charge in [-0.1, -0.05) is 0 Å². The van der Waals surface area contributed by atoms with Crippen LogP contribution in [-0.2, 0) is 35.9 Å². The fourth-order valence-corrected chi connectivity index (χ4v) is 4.64. The van der Waals surface area contributed by atoms with Crippen molar-refractivity contribution in [2.75, 3.05) is 0 Å². The third kappa shape index (κ3) is 2.64. The number of rotatable bonds is 1. The molecule has 13 heavy (non-hydrogen) atoms. The molecule has 6 heteroatoms. The Hall–Kier alpha value is 0.342. The summed E-state index contributed by atoms with van der Waals surface area (Å²) in [6.45, 7) is 1.70. The van der Waals surface area contributed by atoms with E-state index in [1.165, 1.54) is 6.07 Å². The molecule has 1 aromatic rings. The first-order chi connectivity index (χ1) is 5.82. The Morgan fingerprint density at radius 2 is 2.00 bits per heavy atom. The van der Waals surface area contributed by atoms with E-state index in [0.717, 1.165) is 0 Å². The minimum absolute atomic E-state index is 0.0130. The molecule has 0 heterocycles. The molecule has 0 saturated carbocycles. The van der Waals surface area contributed by atoms with Gasteiger partial charge in [-0.2, -0.15) is 0 Å². The molecule has 0 aliphatic carbocycles. The van der Waals surface area contributed by atoms with Crippen molar-refractivity contribution in [1.29, 1.82) is 0 Å². The van der Waals surface area contributed by atoms with Crippen molar-refractivity contribution in [3.8, 4) is 0 Å². The minimum atomic E-state index is -4.09. The van der Waals surface area contributed by atoms with Crippen LogP contribution in [0, 0.1) is 6.92 Å². The molecule has 0 aliphatic rings. The molecule has 0 amide bonds. The Labute approximate surface area is 97.5 Å². The van der Waals surface area contributed by atoms with Crippen LogP contribution in [0.4, 0.5) is 0 Å². The molecular formula is C7H6CdClO3S. The fourth-order valence-electron chi connectivity index (χ4n) is 0.936. The van der Waals surface area contributed by atoms with E-state index in [-0.39, 0.29) is 4.90 Å². The zero-order chi connectivity index (χ0) is 10.2. The van der Waals surface area contributed by atoms with Gasteiger partial charge in [-0.05, 0) is 0 Å². The first-order valence-electron chi connectivity index (χ1n) is 3.42. The van der Waals surface area contributed by atoms with E-state index >= 15 is 0 Å². The molecule has 1 rings (SSSR count). The van der Waals surface area contributed by atoms with Crippen molar-refractivity contribution in [3.63, 3.8) is 0 Å². The van der Waals surface area contributed by atoms with Gasteiger partial charge in [0.25, 0.3) is 0 Å². The van der Waals surface area contributed by atoms with Crippen molar-refractivity contribution in [3.05, 3.63) is 22.7 Å². The molecule has 67 valence electrons. The third-order valence-corrected chi connectivity index (χ3v) is 5.36. The fraction of sp³-hybridized carbons (Fsp3) is 0.143. The van der Waals surface area contributed by atoms with E-state index in [2.05, 4.69) is 0 Å². The second-order valence-corrected chi connectivity index (χ2v) is 6.66. The van der Waals surface area contributed by atoms with Gasteiger partial charge in [0.1, 0.15) is 0 Å². The van der Waals surface area contributed by atoms with Crippen LogP contribution in [0.2, 0.25) is 5.02 Å². The molecule has 0 unspecified atom stereocenters. The second-order valence-electron chi connectivity index (χ2n) is 2.68. The van der Waals surface area contributed by atoms with Gasteiger partial charge in [-0.25, -0.2) is 0 Å². The van der Waals surface area contributed by atoms with Crippen LogP contribution in [0.15, 0.2) is 17.0 Å². The summed E-state index contributed by atoms with van der Waals surface area (Å²) in [4.78, 5) is -0.0130. The standard InChI is InChI=1S/C7H6ClO3S.Cd/c1-5-4-6(12(9,10)11)2-3-7(5)8;/h3-4H,1H3,(H,9,10,11);. The number of benzene rings is 1. The predicted molar refractivity (Wildman–Crippen MR) is 45.6 cm³/mol. The van der Waals surface area contributed by atoms with E-state index in [1.807, 2.05) is 0 Å². The summed E-state index contributed by atoms with van der Waals surface area (Å²) in [7, 11) is -4.09. The summed E-state index contributed by atoms with van der Waals surface area (Å²) in [6, 6.07) is 2.99. The average Bonchev–Trinajstić information content (AvgIpc) is 1.94. The molecular weight excluding hydrogens is 312 g/mol. The maximum absolute atomic E-state index is 10.9. The Morgan fingerprint density at radius 3 is 2.46 bits per heavy atom. The number of halogens is 1. The van der Waals surface area contributed by atoms with Gasteiger partial charge in [0.15, 0.2) is 0 Å². The van der Waals surface area contributed by atoms with E-state index in [9.17, 15) is 8.42 Å². The summed E-state index contributed by atoms with van der Waals surface area (Å²) in [5, 5.41) is 0.533. The molecule has 3 nitrogen and oxygen atoms in total. The van der Waals surface area contributed by atoms with E-state index in [4.69, 9.17) is 16.2 Å². The second kappa shape index (κ2) is 3.84. The van der Waals surface area contributed by atoms with Gasteiger partial charge in [0, 0.05) is 0 Å². The third-order valence-electron chi connectivity index (χ3n) is 1.62. The Balaban J connectivity index is 3.50. The zero-order valence-electron chi connectivity index (χ0n) is 6.91. The first kappa shape index (κ1) is 11.4. The van der Waals surface area contributed by atoms with Crippen LogP contribution >= 0.6 is 11.6 Å². The summed E-state index contributed by atoms with van der Waals surface area (Å²) in [5.74, 6) is 0. The average molecular weight is 318 g/mol. The molecule has 0 saturated heterocycles. The van der Waals surface area contributed by atoms with E-state index in [1.54, 1.807) is 13.0 Å². The van der Waals surface area contributed by atoms with Gasteiger partial charge < -0.3 is 0 Å². The Kier molecular flexibility index (Phi) is 3.37. The Morgan fingerprint density at radius 1 is 1.46 bits per heavy atom. The topological polar surface area (TPSA) is 54.4 Å². The predicted octanol–water partition coefficient (Wildman–Crippen LogP) is 1.07. The zero-order valence-corrected chi connectivity index (χ0v) is 12.5. The van der Waals surface area contributed by atoms with Crippen LogP contribution in [0.3, 0.4) is 0 Å². The maximum atomic E-state index is 10.9. The van der Waals surface area contributed by atoms with Gasteiger partial charge in [-0.3, -0.25) is 0 Å². The summed E-state index contributed by atoms with van der Waals surface area (Å²) in [6.07, 6.45) is 0. The first-order valence-corrected chi connectivity index (χ1v) is 7.25. The summed E-state index contributed by atoms with van der Waals surface area (Å²) < 4.78 is 31.2. The summed E-state index contributed by atoms with van der Waals surface area (Å²) >= 11 is 6.08. The molecule has 0 aromatic heterocycles. The molecule has 0 bridgehead atoms. The number of aryl methyl sites for hydroxylation is 1. The number of hydrogen-bond acceptors (Lipinski definition) is 2. The summed E-state index contributed by atoms with van der Waals surface area (Å²) in [5.41, 5.74) is 0.652. The van der Waals surface area contributed by atoms with Crippen molar-refractivity contribution in [2.45, 2.75) is 11.8 Å². The van der Waals surface area contributed by atoms with Crippen LogP contribution in [0.25, 0.3) is 0 Å². The van der Waals surface area contributed by atoms with Crippen LogP contribution in [0.1, 0.15) is 5.56 Å². The van der Waals surface area contributed by atoms with Crippen molar-refractivity contribution in [1.82, 2.24) is 0 Å². The van der Waals surface area contributed by atoms with Crippen molar-refractivity contribution >= 4 is 24.8 Å². The van der Waals surface area contributed by atoms with Crippen LogP contribution in [-0.4, -0.2) is 13.0 Å². The van der Waals surface area contributed by atoms with Crippen molar-refractivity contribution in [2.24, 2.45) is 0 Å². The van der Waals surface area contributed by atoms with Gasteiger partial charge in [0.2, 0.25) is 0 Å². The molecule has 0 spiro atoms. The number of hydrogen-bond donors (Lipinski definition) is 1. The van der Waals surface area contributed by atoms with Gasteiger partial charge in [0.05, 0.1) is 0 Å².